The van der Waals surface area contributed by atoms with E-state index in [-0.39, 0.29) is 23.1 Å². The first-order valence-corrected chi connectivity index (χ1v) is 8.15. The fraction of sp³-hybridized carbons (Fsp3) is 0.333. The summed E-state index contributed by atoms with van der Waals surface area (Å²) in [4.78, 5) is 35.6. The molecule has 0 unspecified atom stereocenters. The fourth-order valence-corrected chi connectivity index (χ4v) is 2.32. The van der Waals surface area contributed by atoms with Crippen LogP contribution in [0.5, 0.6) is 5.75 Å². The minimum absolute atomic E-state index is 0.109. The van der Waals surface area contributed by atoms with Gasteiger partial charge in [-0.3, -0.25) is 14.4 Å². The highest BCUT2D eigenvalue weighted by Gasteiger charge is 2.14. The van der Waals surface area contributed by atoms with Gasteiger partial charge < -0.3 is 15.4 Å². The van der Waals surface area contributed by atoms with Crippen molar-refractivity contribution < 1.29 is 14.3 Å². The molecular formula is C18H22N4O4. The van der Waals surface area contributed by atoms with Crippen LogP contribution in [-0.2, 0) is 11.3 Å². The largest absolute Gasteiger partial charge is 0.495 e. The third kappa shape index (κ3) is 4.92. The molecule has 2 amide bonds. The molecule has 0 aliphatic heterocycles. The van der Waals surface area contributed by atoms with Gasteiger partial charge in [0.05, 0.1) is 12.8 Å². The average Bonchev–Trinajstić information content (AvgIpc) is 2.56. The van der Waals surface area contributed by atoms with Crippen LogP contribution in [0.3, 0.4) is 0 Å². The van der Waals surface area contributed by atoms with E-state index < -0.39 is 5.91 Å². The summed E-state index contributed by atoms with van der Waals surface area (Å²) in [5, 5.41) is 9.46. The minimum Gasteiger partial charge on any atom is -0.495 e. The third-order valence-electron chi connectivity index (χ3n) is 3.41. The summed E-state index contributed by atoms with van der Waals surface area (Å²) in [5.74, 6) is -0.0634. The lowest BCUT2D eigenvalue weighted by molar-refractivity contribution is -0.114. The van der Waals surface area contributed by atoms with Gasteiger partial charge in [-0.1, -0.05) is 13.8 Å². The normalized spacial score (nSPS) is 10.5. The number of ether oxygens (including phenoxy) is 1. The maximum absolute atomic E-state index is 12.5. The Bertz CT molecular complexity index is 874. The highest BCUT2D eigenvalue weighted by molar-refractivity contribution is 6.04. The monoisotopic (exact) mass is 358 g/mol. The van der Waals surface area contributed by atoms with Crippen molar-refractivity contribution in [2.75, 3.05) is 17.7 Å². The Balaban J connectivity index is 2.29. The van der Waals surface area contributed by atoms with Gasteiger partial charge in [-0.25, -0.2) is 4.68 Å². The number of benzene rings is 1. The van der Waals surface area contributed by atoms with Crippen LogP contribution >= 0.6 is 0 Å². The van der Waals surface area contributed by atoms with Gasteiger partial charge in [-0.15, -0.1) is 0 Å². The second-order valence-corrected chi connectivity index (χ2v) is 6.18. The van der Waals surface area contributed by atoms with E-state index in [2.05, 4.69) is 15.7 Å². The molecular weight excluding hydrogens is 336 g/mol. The zero-order valence-electron chi connectivity index (χ0n) is 15.2. The van der Waals surface area contributed by atoms with Gasteiger partial charge in [0, 0.05) is 25.2 Å². The highest BCUT2D eigenvalue weighted by atomic mass is 16.5. The van der Waals surface area contributed by atoms with E-state index in [0.29, 0.717) is 23.7 Å². The summed E-state index contributed by atoms with van der Waals surface area (Å²) in [7, 11) is 1.48. The molecule has 0 aliphatic rings. The summed E-state index contributed by atoms with van der Waals surface area (Å²) in [6.07, 6.45) is 0. The smallest absolute Gasteiger partial charge is 0.276 e. The molecule has 0 aliphatic carbocycles. The van der Waals surface area contributed by atoms with Crippen LogP contribution in [0.25, 0.3) is 0 Å². The average molecular weight is 358 g/mol. The number of hydrogen-bond donors (Lipinski definition) is 2. The number of carbonyl (C=O) groups excluding carboxylic acids is 2. The van der Waals surface area contributed by atoms with Crippen LogP contribution in [0, 0.1) is 5.92 Å². The van der Waals surface area contributed by atoms with Crippen molar-refractivity contribution in [1.82, 2.24) is 9.78 Å². The lowest BCUT2D eigenvalue weighted by Crippen LogP contribution is -2.27. The summed E-state index contributed by atoms with van der Waals surface area (Å²) in [6.45, 7) is 5.73. The topological polar surface area (TPSA) is 102 Å². The Morgan fingerprint density at radius 1 is 1.19 bits per heavy atom. The lowest BCUT2D eigenvalue weighted by atomic mass is 10.2. The van der Waals surface area contributed by atoms with Crippen molar-refractivity contribution in [3.63, 3.8) is 0 Å². The summed E-state index contributed by atoms with van der Waals surface area (Å²) in [5.41, 5.74) is 0.746. The van der Waals surface area contributed by atoms with Crippen LogP contribution in [-0.4, -0.2) is 28.7 Å². The quantitative estimate of drug-likeness (QED) is 0.823. The van der Waals surface area contributed by atoms with Crippen LogP contribution in [0.4, 0.5) is 11.4 Å². The van der Waals surface area contributed by atoms with Crippen LogP contribution in [0.2, 0.25) is 0 Å². The Hall–Kier alpha value is -3.16. The third-order valence-corrected chi connectivity index (χ3v) is 3.41. The molecule has 2 N–H and O–H groups in total. The Morgan fingerprint density at radius 3 is 2.54 bits per heavy atom. The molecule has 0 bridgehead atoms. The van der Waals surface area contributed by atoms with E-state index >= 15 is 0 Å². The summed E-state index contributed by atoms with van der Waals surface area (Å²) >= 11 is 0. The molecule has 1 aromatic heterocycles. The first-order valence-electron chi connectivity index (χ1n) is 8.15. The van der Waals surface area contributed by atoms with Crippen molar-refractivity contribution in [2.24, 2.45) is 5.92 Å². The van der Waals surface area contributed by atoms with Gasteiger partial charge in [0.25, 0.3) is 11.5 Å². The molecule has 0 spiro atoms. The van der Waals surface area contributed by atoms with Gasteiger partial charge in [-0.05, 0) is 30.2 Å². The van der Waals surface area contributed by atoms with Crippen LogP contribution in [0.1, 0.15) is 31.3 Å². The molecule has 8 heteroatoms. The van der Waals surface area contributed by atoms with Crippen molar-refractivity contribution in [2.45, 2.75) is 27.3 Å². The van der Waals surface area contributed by atoms with E-state index in [0.717, 1.165) is 0 Å². The van der Waals surface area contributed by atoms with E-state index in [1.807, 2.05) is 13.8 Å². The number of rotatable bonds is 6. The molecule has 8 nitrogen and oxygen atoms in total. The van der Waals surface area contributed by atoms with Crippen molar-refractivity contribution in [1.29, 1.82) is 0 Å². The first-order chi connectivity index (χ1) is 12.3. The molecule has 0 saturated carbocycles. The van der Waals surface area contributed by atoms with E-state index in [1.54, 1.807) is 18.2 Å². The van der Waals surface area contributed by atoms with Gasteiger partial charge >= 0.3 is 0 Å². The molecule has 26 heavy (non-hydrogen) atoms. The van der Waals surface area contributed by atoms with Crippen molar-refractivity contribution in [3.05, 3.63) is 46.4 Å². The zero-order valence-corrected chi connectivity index (χ0v) is 15.2. The number of carbonyl (C=O) groups is 2. The molecule has 0 atom stereocenters. The molecule has 2 rings (SSSR count). The second kappa shape index (κ2) is 8.28. The lowest BCUT2D eigenvalue weighted by Gasteiger charge is -2.13. The maximum Gasteiger partial charge on any atom is 0.276 e. The predicted molar refractivity (Wildman–Crippen MR) is 98.6 cm³/mol. The molecule has 1 aromatic carbocycles. The number of methoxy groups -OCH3 is 1. The van der Waals surface area contributed by atoms with Gasteiger partial charge in [-0.2, -0.15) is 5.10 Å². The first kappa shape index (κ1) is 19.2. The predicted octanol–water partition coefficient (Wildman–Crippen LogP) is 2.12. The number of nitrogens with zero attached hydrogens (tertiary/aromatic N) is 2. The molecule has 1 heterocycles. The Morgan fingerprint density at radius 2 is 1.92 bits per heavy atom. The zero-order chi connectivity index (χ0) is 19.3. The molecule has 138 valence electrons. The van der Waals surface area contributed by atoms with Gasteiger partial charge in [0.15, 0.2) is 0 Å². The number of amides is 2. The van der Waals surface area contributed by atoms with Crippen LogP contribution in [0.15, 0.2) is 35.1 Å². The number of anilines is 2. The standard InChI is InChI=1S/C18H22N4O4/c1-11(2)10-22-17(24)8-6-14(21-22)18(25)20-15-9-13(19-12(3)23)5-7-16(15)26-4/h5-9,11H,10H2,1-4H3,(H,19,23)(H,20,25). The number of aromatic nitrogens is 2. The van der Waals surface area contributed by atoms with E-state index in [9.17, 15) is 14.4 Å². The molecule has 0 fully saturated rings. The minimum atomic E-state index is -0.485. The molecule has 0 radical (unpaired) electrons. The number of hydrogen-bond acceptors (Lipinski definition) is 5. The Labute approximate surface area is 151 Å². The van der Waals surface area contributed by atoms with E-state index in [4.69, 9.17) is 4.74 Å². The van der Waals surface area contributed by atoms with Crippen molar-refractivity contribution >= 4 is 23.2 Å². The SMILES string of the molecule is COc1ccc(NC(C)=O)cc1NC(=O)c1ccc(=O)n(CC(C)C)n1. The fourth-order valence-electron chi connectivity index (χ4n) is 2.32. The van der Waals surface area contributed by atoms with Crippen molar-refractivity contribution in [3.8, 4) is 5.75 Å². The van der Waals surface area contributed by atoms with Gasteiger partial charge in [0.1, 0.15) is 11.4 Å². The molecule has 2 aromatic rings. The van der Waals surface area contributed by atoms with Crippen LogP contribution < -0.4 is 20.9 Å². The summed E-state index contributed by atoms with van der Waals surface area (Å²) < 4.78 is 6.50. The van der Waals surface area contributed by atoms with Gasteiger partial charge in [0.2, 0.25) is 5.91 Å². The summed E-state index contributed by atoms with van der Waals surface area (Å²) in [6, 6.07) is 7.57. The highest BCUT2D eigenvalue weighted by Crippen LogP contribution is 2.28. The Kier molecular flexibility index (Phi) is 6.11. The second-order valence-electron chi connectivity index (χ2n) is 6.18. The van der Waals surface area contributed by atoms with E-state index in [1.165, 1.54) is 30.8 Å². The maximum atomic E-state index is 12.5. The number of nitrogens with one attached hydrogen (secondary N) is 2. The molecule has 0 saturated heterocycles.